The fourth-order valence-electron chi connectivity index (χ4n) is 2.60. The predicted molar refractivity (Wildman–Crippen MR) is 60.0 cm³/mol. The smallest absolute Gasteiger partial charge is 0.0726 e. The van der Waals surface area contributed by atoms with Gasteiger partial charge >= 0.3 is 0 Å². The van der Waals surface area contributed by atoms with Gasteiger partial charge in [-0.2, -0.15) is 0 Å². The minimum atomic E-state index is 0.426. The maximum atomic E-state index is 5.68. The van der Waals surface area contributed by atoms with Gasteiger partial charge in [-0.15, -0.1) is 0 Å². The minimum absolute atomic E-state index is 0.426. The Labute approximate surface area is 92.5 Å². The second-order valence-corrected chi connectivity index (χ2v) is 4.92. The first-order chi connectivity index (χ1) is 7.27. The summed E-state index contributed by atoms with van der Waals surface area (Å²) in [5, 5.41) is 3.66. The first-order valence-corrected chi connectivity index (χ1v) is 6.23. The molecule has 2 saturated heterocycles. The lowest BCUT2D eigenvalue weighted by Gasteiger charge is -2.27. The van der Waals surface area contributed by atoms with E-state index in [4.69, 9.17) is 9.47 Å². The van der Waals surface area contributed by atoms with Crippen LogP contribution in [0.4, 0.5) is 0 Å². The molecule has 0 amide bonds. The number of rotatable bonds is 4. The molecule has 2 fully saturated rings. The summed E-state index contributed by atoms with van der Waals surface area (Å²) in [5.41, 5.74) is 0. The fraction of sp³-hybridized carbons (Fsp3) is 1.00. The summed E-state index contributed by atoms with van der Waals surface area (Å²) in [6.45, 7) is 7.31. The highest BCUT2D eigenvalue weighted by atomic mass is 16.5. The minimum Gasteiger partial charge on any atom is -0.381 e. The molecule has 0 spiro atoms. The Morgan fingerprint density at radius 3 is 2.60 bits per heavy atom. The van der Waals surface area contributed by atoms with E-state index in [1.54, 1.807) is 0 Å². The molecule has 2 aliphatic rings. The van der Waals surface area contributed by atoms with Crippen LogP contribution in [-0.2, 0) is 9.47 Å². The van der Waals surface area contributed by atoms with Crippen LogP contribution in [0.1, 0.15) is 33.1 Å². The van der Waals surface area contributed by atoms with Gasteiger partial charge in [0, 0.05) is 25.3 Å². The van der Waals surface area contributed by atoms with Crippen molar-refractivity contribution in [1.29, 1.82) is 0 Å². The van der Waals surface area contributed by atoms with Gasteiger partial charge in [0.05, 0.1) is 12.7 Å². The second kappa shape index (κ2) is 5.28. The molecule has 4 atom stereocenters. The highest BCUT2D eigenvalue weighted by Crippen LogP contribution is 2.20. The standard InChI is InChI=1S/C12H23NO2/c1-9(11-5-7-14-8-11)13-10(2)12-4-3-6-15-12/h9-13H,3-8H2,1-2H3. The van der Waals surface area contributed by atoms with Crippen molar-refractivity contribution in [2.45, 2.75) is 51.3 Å². The van der Waals surface area contributed by atoms with Gasteiger partial charge in [-0.1, -0.05) is 0 Å². The Morgan fingerprint density at radius 2 is 2.00 bits per heavy atom. The molecule has 3 heteroatoms. The highest BCUT2D eigenvalue weighted by Gasteiger charge is 2.27. The molecule has 4 unspecified atom stereocenters. The zero-order chi connectivity index (χ0) is 10.7. The van der Waals surface area contributed by atoms with E-state index < -0.39 is 0 Å². The molecule has 2 rings (SSSR count). The van der Waals surface area contributed by atoms with E-state index >= 15 is 0 Å². The average Bonchev–Trinajstić information content (AvgIpc) is 2.91. The first-order valence-electron chi connectivity index (χ1n) is 6.23. The Balaban J connectivity index is 1.74. The number of hydrogen-bond acceptors (Lipinski definition) is 3. The number of hydrogen-bond donors (Lipinski definition) is 1. The van der Waals surface area contributed by atoms with Crippen LogP contribution >= 0.6 is 0 Å². The summed E-state index contributed by atoms with van der Waals surface area (Å²) in [4.78, 5) is 0. The Hall–Kier alpha value is -0.120. The fourth-order valence-corrected chi connectivity index (χ4v) is 2.60. The normalized spacial score (nSPS) is 35.6. The summed E-state index contributed by atoms with van der Waals surface area (Å²) < 4.78 is 11.1. The third-order valence-corrected chi connectivity index (χ3v) is 3.72. The molecule has 0 bridgehead atoms. The van der Waals surface area contributed by atoms with Crippen molar-refractivity contribution in [2.75, 3.05) is 19.8 Å². The van der Waals surface area contributed by atoms with E-state index in [1.165, 1.54) is 19.3 Å². The highest BCUT2D eigenvalue weighted by molar-refractivity contribution is 4.83. The topological polar surface area (TPSA) is 30.5 Å². The van der Waals surface area contributed by atoms with Gasteiger partial charge in [0.1, 0.15) is 0 Å². The van der Waals surface area contributed by atoms with Crippen LogP contribution in [0.25, 0.3) is 0 Å². The molecule has 15 heavy (non-hydrogen) atoms. The van der Waals surface area contributed by atoms with Crippen molar-refractivity contribution in [3.63, 3.8) is 0 Å². The summed E-state index contributed by atoms with van der Waals surface area (Å²) >= 11 is 0. The van der Waals surface area contributed by atoms with Gasteiger partial charge in [0.2, 0.25) is 0 Å². The van der Waals surface area contributed by atoms with Crippen LogP contribution in [0, 0.1) is 5.92 Å². The molecule has 88 valence electrons. The van der Waals surface area contributed by atoms with E-state index in [2.05, 4.69) is 19.2 Å². The van der Waals surface area contributed by atoms with Crippen molar-refractivity contribution in [2.24, 2.45) is 5.92 Å². The zero-order valence-electron chi connectivity index (χ0n) is 9.87. The molecular formula is C12H23NO2. The predicted octanol–water partition coefficient (Wildman–Crippen LogP) is 1.57. The lowest BCUT2D eigenvalue weighted by atomic mass is 9.99. The van der Waals surface area contributed by atoms with Gasteiger partial charge < -0.3 is 14.8 Å². The van der Waals surface area contributed by atoms with Crippen molar-refractivity contribution in [1.82, 2.24) is 5.32 Å². The van der Waals surface area contributed by atoms with Crippen molar-refractivity contribution < 1.29 is 9.47 Å². The Kier molecular flexibility index (Phi) is 4.00. The van der Waals surface area contributed by atoms with E-state index in [0.717, 1.165) is 19.8 Å². The largest absolute Gasteiger partial charge is 0.381 e. The third kappa shape index (κ3) is 2.92. The molecule has 1 N–H and O–H groups in total. The van der Waals surface area contributed by atoms with Gasteiger partial charge in [0.15, 0.2) is 0 Å². The van der Waals surface area contributed by atoms with Crippen LogP contribution in [-0.4, -0.2) is 38.0 Å². The monoisotopic (exact) mass is 213 g/mol. The molecule has 0 aliphatic carbocycles. The van der Waals surface area contributed by atoms with Gasteiger partial charge in [-0.05, 0) is 39.0 Å². The number of ether oxygens (including phenoxy) is 2. The van der Waals surface area contributed by atoms with E-state index in [9.17, 15) is 0 Å². The first kappa shape index (κ1) is 11.4. The lowest BCUT2D eigenvalue weighted by molar-refractivity contribution is 0.0764. The molecule has 0 aromatic rings. The van der Waals surface area contributed by atoms with Crippen LogP contribution in [0.15, 0.2) is 0 Å². The van der Waals surface area contributed by atoms with Crippen molar-refractivity contribution in [3.05, 3.63) is 0 Å². The lowest BCUT2D eigenvalue weighted by Crippen LogP contribution is -2.45. The Bertz CT molecular complexity index is 166. The maximum absolute atomic E-state index is 5.68. The van der Waals surface area contributed by atoms with Crippen molar-refractivity contribution >= 4 is 0 Å². The molecule has 0 aromatic heterocycles. The molecule has 0 aromatic carbocycles. The molecule has 2 heterocycles. The SMILES string of the molecule is CC(NC(C)C1CCCO1)C1CCOC1. The van der Waals surface area contributed by atoms with Crippen LogP contribution in [0.3, 0.4) is 0 Å². The van der Waals surface area contributed by atoms with Gasteiger partial charge in [0.25, 0.3) is 0 Å². The maximum Gasteiger partial charge on any atom is 0.0726 e. The Morgan fingerprint density at radius 1 is 1.13 bits per heavy atom. The zero-order valence-corrected chi connectivity index (χ0v) is 9.87. The summed E-state index contributed by atoms with van der Waals surface area (Å²) in [5.74, 6) is 0.689. The third-order valence-electron chi connectivity index (χ3n) is 3.72. The van der Waals surface area contributed by atoms with Crippen LogP contribution < -0.4 is 5.32 Å². The molecular weight excluding hydrogens is 190 g/mol. The van der Waals surface area contributed by atoms with E-state index in [0.29, 0.717) is 24.1 Å². The number of nitrogens with one attached hydrogen (secondary N) is 1. The van der Waals surface area contributed by atoms with Gasteiger partial charge in [-0.25, -0.2) is 0 Å². The average molecular weight is 213 g/mol. The molecule has 0 radical (unpaired) electrons. The molecule has 2 aliphatic heterocycles. The second-order valence-electron chi connectivity index (χ2n) is 4.92. The van der Waals surface area contributed by atoms with Crippen molar-refractivity contribution in [3.8, 4) is 0 Å². The van der Waals surface area contributed by atoms with Crippen LogP contribution in [0.5, 0.6) is 0 Å². The summed E-state index contributed by atoms with van der Waals surface area (Å²) in [7, 11) is 0. The summed E-state index contributed by atoms with van der Waals surface area (Å²) in [6, 6.07) is 1.02. The van der Waals surface area contributed by atoms with Gasteiger partial charge in [-0.3, -0.25) is 0 Å². The van der Waals surface area contributed by atoms with E-state index in [1.807, 2.05) is 0 Å². The van der Waals surface area contributed by atoms with E-state index in [-0.39, 0.29) is 0 Å². The quantitative estimate of drug-likeness (QED) is 0.769. The molecule has 3 nitrogen and oxygen atoms in total. The van der Waals surface area contributed by atoms with Crippen LogP contribution in [0.2, 0.25) is 0 Å². The molecule has 0 saturated carbocycles. The summed E-state index contributed by atoms with van der Waals surface area (Å²) in [6.07, 6.45) is 4.06.